The molecule has 2 rings (SSSR count). The van der Waals surface area contributed by atoms with Crippen molar-refractivity contribution in [2.45, 2.75) is 20.0 Å². The average molecular weight is 284 g/mol. The van der Waals surface area contributed by atoms with Gasteiger partial charge in [-0.1, -0.05) is 37.3 Å². The number of hydrogen-bond acceptors (Lipinski definition) is 3. The first-order valence-corrected chi connectivity index (χ1v) is 7.09. The summed E-state index contributed by atoms with van der Waals surface area (Å²) in [6.45, 7) is 2.79. The molecule has 0 aliphatic heterocycles. The van der Waals surface area contributed by atoms with Gasteiger partial charge in [0.2, 0.25) is 0 Å². The number of para-hydroxylation sites is 2. The molecule has 0 bridgehead atoms. The van der Waals surface area contributed by atoms with Gasteiger partial charge in [-0.3, -0.25) is 4.79 Å². The van der Waals surface area contributed by atoms with E-state index in [-0.39, 0.29) is 12.5 Å². The van der Waals surface area contributed by atoms with Gasteiger partial charge in [-0.05, 0) is 24.6 Å². The summed E-state index contributed by atoms with van der Waals surface area (Å²) in [6.07, 6.45) is 0.989. The third kappa shape index (κ3) is 3.83. The molecule has 0 saturated carbocycles. The number of carbonyl (C=O) groups excluding carboxylic acids is 1. The van der Waals surface area contributed by atoms with Crippen LogP contribution in [0.3, 0.4) is 0 Å². The zero-order valence-corrected chi connectivity index (χ0v) is 12.1. The van der Waals surface area contributed by atoms with Crippen molar-refractivity contribution in [3.63, 3.8) is 0 Å². The maximum Gasteiger partial charge on any atom is 0.257 e. The lowest BCUT2D eigenvalue weighted by Gasteiger charge is -2.13. The molecule has 2 aromatic rings. The minimum absolute atomic E-state index is 0.105. The van der Waals surface area contributed by atoms with Crippen LogP contribution >= 0.6 is 0 Å². The van der Waals surface area contributed by atoms with Crippen LogP contribution in [0.5, 0.6) is 0 Å². The molecule has 110 valence electrons. The lowest BCUT2D eigenvalue weighted by molar-refractivity contribution is 0.102. The molecule has 4 nitrogen and oxygen atoms in total. The molecular formula is C17H20N2O2. The average Bonchev–Trinajstić information content (AvgIpc) is 2.53. The maximum absolute atomic E-state index is 12.4. The van der Waals surface area contributed by atoms with Crippen molar-refractivity contribution >= 4 is 17.3 Å². The summed E-state index contributed by atoms with van der Waals surface area (Å²) in [4.78, 5) is 12.4. The number of aliphatic hydroxyl groups excluding tert-OH is 1. The first-order chi connectivity index (χ1) is 10.3. The van der Waals surface area contributed by atoms with Crippen molar-refractivity contribution in [3.8, 4) is 0 Å². The number of amides is 1. The molecule has 2 aromatic carbocycles. The lowest BCUT2D eigenvalue weighted by atomic mass is 10.1. The second-order valence-corrected chi connectivity index (χ2v) is 4.74. The van der Waals surface area contributed by atoms with E-state index in [1.807, 2.05) is 30.3 Å². The Morgan fingerprint density at radius 2 is 1.71 bits per heavy atom. The molecule has 21 heavy (non-hydrogen) atoms. The Hall–Kier alpha value is -2.33. The number of hydrogen-bond donors (Lipinski definition) is 3. The zero-order chi connectivity index (χ0) is 15.1. The highest BCUT2D eigenvalue weighted by atomic mass is 16.3. The van der Waals surface area contributed by atoms with Crippen LogP contribution in [-0.2, 0) is 6.61 Å². The minimum Gasteiger partial charge on any atom is -0.392 e. The highest BCUT2D eigenvalue weighted by Crippen LogP contribution is 2.19. The van der Waals surface area contributed by atoms with E-state index in [0.29, 0.717) is 16.8 Å². The second-order valence-electron chi connectivity index (χ2n) is 4.74. The molecule has 0 heterocycles. The Morgan fingerprint density at radius 1 is 1.05 bits per heavy atom. The van der Waals surface area contributed by atoms with Crippen LogP contribution in [0.1, 0.15) is 29.3 Å². The number of aliphatic hydroxyl groups is 1. The Bertz CT molecular complexity index is 611. The summed E-state index contributed by atoms with van der Waals surface area (Å²) in [6, 6.07) is 14.6. The van der Waals surface area contributed by atoms with E-state index >= 15 is 0 Å². The minimum atomic E-state index is -0.185. The number of rotatable bonds is 6. The third-order valence-electron chi connectivity index (χ3n) is 3.17. The van der Waals surface area contributed by atoms with Gasteiger partial charge in [0.1, 0.15) is 0 Å². The Balaban J connectivity index is 2.20. The van der Waals surface area contributed by atoms with Crippen molar-refractivity contribution in [1.29, 1.82) is 0 Å². The van der Waals surface area contributed by atoms with E-state index in [0.717, 1.165) is 18.7 Å². The standard InChI is InChI=1S/C17H20N2O2/c1-2-11-18-16-10-6-4-8-14(16)17(21)19-15-9-5-3-7-13(15)12-20/h3-10,18,20H,2,11-12H2,1H3,(H,19,21). The molecule has 0 spiro atoms. The highest BCUT2D eigenvalue weighted by molar-refractivity contribution is 6.08. The molecule has 4 heteroatoms. The van der Waals surface area contributed by atoms with E-state index in [1.54, 1.807) is 18.2 Å². The van der Waals surface area contributed by atoms with Crippen LogP contribution in [0, 0.1) is 0 Å². The second kappa shape index (κ2) is 7.45. The Kier molecular flexibility index (Phi) is 5.35. The summed E-state index contributed by atoms with van der Waals surface area (Å²) in [5, 5.41) is 15.4. The first kappa shape index (κ1) is 15.1. The summed E-state index contributed by atoms with van der Waals surface area (Å²) < 4.78 is 0. The molecule has 0 saturated heterocycles. The monoisotopic (exact) mass is 284 g/mol. The predicted molar refractivity (Wildman–Crippen MR) is 85.5 cm³/mol. The summed E-state index contributed by atoms with van der Waals surface area (Å²) in [7, 11) is 0. The van der Waals surface area contributed by atoms with Gasteiger partial charge in [-0.15, -0.1) is 0 Å². The van der Waals surface area contributed by atoms with Crippen LogP contribution in [-0.4, -0.2) is 17.6 Å². The topological polar surface area (TPSA) is 61.4 Å². The van der Waals surface area contributed by atoms with Gasteiger partial charge in [0, 0.05) is 23.5 Å². The van der Waals surface area contributed by atoms with Crippen molar-refractivity contribution in [2.24, 2.45) is 0 Å². The molecule has 0 aliphatic rings. The maximum atomic E-state index is 12.4. The molecule has 0 unspecified atom stereocenters. The van der Waals surface area contributed by atoms with Crippen LogP contribution in [0.4, 0.5) is 11.4 Å². The van der Waals surface area contributed by atoms with E-state index in [1.165, 1.54) is 0 Å². The van der Waals surface area contributed by atoms with Crippen LogP contribution in [0.25, 0.3) is 0 Å². The fourth-order valence-corrected chi connectivity index (χ4v) is 2.06. The molecule has 0 aromatic heterocycles. The molecule has 3 N–H and O–H groups in total. The predicted octanol–water partition coefficient (Wildman–Crippen LogP) is 3.25. The number of carbonyl (C=O) groups is 1. The van der Waals surface area contributed by atoms with Gasteiger partial charge in [0.25, 0.3) is 5.91 Å². The van der Waals surface area contributed by atoms with Gasteiger partial charge >= 0.3 is 0 Å². The van der Waals surface area contributed by atoms with Gasteiger partial charge in [0.15, 0.2) is 0 Å². The van der Waals surface area contributed by atoms with E-state index in [4.69, 9.17) is 0 Å². The Labute approximate surface area is 124 Å². The molecule has 0 atom stereocenters. The SMILES string of the molecule is CCCNc1ccccc1C(=O)Nc1ccccc1CO. The van der Waals surface area contributed by atoms with Gasteiger partial charge in [-0.25, -0.2) is 0 Å². The molecule has 0 radical (unpaired) electrons. The number of nitrogens with one attached hydrogen (secondary N) is 2. The van der Waals surface area contributed by atoms with Crippen LogP contribution < -0.4 is 10.6 Å². The van der Waals surface area contributed by atoms with Crippen molar-refractivity contribution in [3.05, 3.63) is 59.7 Å². The van der Waals surface area contributed by atoms with Gasteiger partial charge < -0.3 is 15.7 Å². The molecular weight excluding hydrogens is 264 g/mol. The van der Waals surface area contributed by atoms with E-state index < -0.39 is 0 Å². The van der Waals surface area contributed by atoms with Crippen molar-refractivity contribution in [1.82, 2.24) is 0 Å². The Morgan fingerprint density at radius 3 is 2.43 bits per heavy atom. The smallest absolute Gasteiger partial charge is 0.257 e. The first-order valence-electron chi connectivity index (χ1n) is 7.09. The largest absolute Gasteiger partial charge is 0.392 e. The molecule has 0 aliphatic carbocycles. The normalized spacial score (nSPS) is 10.2. The van der Waals surface area contributed by atoms with Gasteiger partial charge in [-0.2, -0.15) is 0 Å². The zero-order valence-electron chi connectivity index (χ0n) is 12.1. The fourth-order valence-electron chi connectivity index (χ4n) is 2.06. The summed E-state index contributed by atoms with van der Waals surface area (Å²) in [5.74, 6) is -0.185. The molecule has 1 amide bonds. The number of anilines is 2. The van der Waals surface area contributed by atoms with Crippen LogP contribution in [0.15, 0.2) is 48.5 Å². The fraction of sp³-hybridized carbons (Fsp3) is 0.235. The quantitative estimate of drug-likeness (QED) is 0.763. The van der Waals surface area contributed by atoms with E-state index in [2.05, 4.69) is 17.6 Å². The van der Waals surface area contributed by atoms with Crippen molar-refractivity contribution in [2.75, 3.05) is 17.2 Å². The molecule has 0 fully saturated rings. The van der Waals surface area contributed by atoms with E-state index in [9.17, 15) is 9.90 Å². The summed E-state index contributed by atoms with van der Waals surface area (Å²) in [5.41, 5.74) is 2.75. The number of benzene rings is 2. The van der Waals surface area contributed by atoms with Gasteiger partial charge in [0.05, 0.1) is 12.2 Å². The lowest BCUT2D eigenvalue weighted by Crippen LogP contribution is -2.16. The van der Waals surface area contributed by atoms with Crippen LogP contribution in [0.2, 0.25) is 0 Å². The highest BCUT2D eigenvalue weighted by Gasteiger charge is 2.12. The van der Waals surface area contributed by atoms with Crippen molar-refractivity contribution < 1.29 is 9.90 Å². The summed E-state index contributed by atoms with van der Waals surface area (Å²) >= 11 is 0. The third-order valence-corrected chi connectivity index (χ3v) is 3.17.